The number of carbonyl (C=O) groups excluding carboxylic acids is 2. The number of amides is 2. The van der Waals surface area contributed by atoms with E-state index in [1.54, 1.807) is 4.90 Å². The number of benzene rings is 1. The fraction of sp³-hybridized carbons (Fsp3) is 0.500. The number of hydrogen-bond donors (Lipinski definition) is 1. The monoisotopic (exact) mass is 274 g/mol. The van der Waals surface area contributed by atoms with Gasteiger partial charge in [0, 0.05) is 24.6 Å². The Morgan fingerprint density at radius 3 is 2.60 bits per heavy atom. The standard InChI is InChI=1S/C16H22N2O2/c1-10(2)16(20)17-13-8-15(19)18(9-13)14-6-5-11(3)12(4)7-14/h5-7,10,13H,8-9H2,1-4H3,(H,17,20)/t13-/m0/s1. The molecule has 0 saturated carbocycles. The quantitative estimate of drug-likeness (QED) is 0.918. The van der Waals surface area contributed by atoms with Gasteiger partial charge in [0.25, 0.3) is 0 Å². The molecular weight excluding hydrogens is 252 g/mol. The van der Waals surface area contributed by atoms with Crippen LogP contribution >= 0.6 is 0 Å². The maximum atomic E-state index is 12.1. The zero-order valence-corrected chi connectivity index (χ0v) is 12.6. The molecule has 4 nitrogen and oxygen atoms in total. The zero-order valence-electron chi connectivity index (χ0n) is 12.6. The van der Waals surface area contributed by atoms with Gasteiger partial charge >= 0.3 is 0 Å². The van der Waals surface area contributed by atoms with Gasteiger partial charge in [0.1, 0.15) is 0 Å². The SMILES string of the molecule is Cc1ccc(N2C[C@@H](NC(=O)C(C)C)CC2=O)cc1C. The highest BCUT2D eigenvalue weighted by atomic mass is 16.2. The Hall–Kier alpha value is -1.84. The van der Waals surface area contributed by atoms with E-state index in [9.17, 15) is 9.59 Å². The first-order valence-corrected chi connectivity index (χ1v) is 7.06. The van der Waals surface area contributed by atoms with Crippen LogP contribution in [-0.4, -0.2) is 24.4 Å². The average Bonchev–Trinajstić information content (AvgIpc) is 2.73. The molecule has 0 aliphatic carbocycles. The van der Waals surface area contributed by atoms with Gasteiger partial charge in [-0.25, -0.2) is 0 Å². The molecule has 1 fully saturated rings. The Kier molecular flexibility index (Phi) is 4.12. The molecule has 1 aromatic rings. The van der Waals surface area contributed by atoms with Crippen molar-refractivity contribution in [3.8, 4) is 0 Å². The number of hydrogen-bond acceptors (Lipinski definition) is 2. The van der Waals surface area contributed by atoms with Gasteiger partial charge in [0.05, 0.1) is 6.04 Å². The van der Waals surface area contributed by atoms with Gasteiger partial charge in [0.15, 0.2) is 0 Å². The van der Waals surface area contributed by atoms with Crippen LogP contribution in [0.3, 0.4) is 0 Å². The Balaban J connectivity index is 2.09. The van der Waals surface area contributed by atoms with Crippen molar-refractivity contribution in [3.05, 3.63) is 29.3 Å². The number of anilines is 1. The normalized spacial score (nSPS) is 18.8. The van der Waals surface area contributed by atoms with Gasteiger partial charge < -0.3 is 10.2 Å². The van der Waals surface area contributed by atoms with Crippen molar-refractivity contribution in [2.45, 2.75) is 40.2 Å². The Morgan fingerprint density at radius 1 is 1.30 bits per heavy atom. The molecule has 0 unspecified atom stereocenters. The molecule has 2 amide bonds. The van der Waals surface area contributed by atoms with E-state index in [1.165, 1.54) is 11.1 Å². The summed E-state index contributed by atoms with van der Waals surface area (Å²) >= 11 is 0. The van der Waals surface area contributed by atoms with Crippen molar-refractivity contribution in [2.24, 2.45) is 5.92 Å². The molecule has 0 radical (unpaired) electrons. The maximum Gasteiger partial charge on any atom is 0.229 e. The van der Waals surface area contributed by atoms with Crippen molar-refractivity contribution in [3.63, 3.8) is 0 Å². The molecule has 0 spiro atoms. The number of carbonyl (C=O) groups is 2. The van der Waals surface area contributed by atoms with Gasteiger partial charge in [-0.3, -0.25) is 9.59 Å². The molecule has 1 N–H and O–H groups in total. The van der Waals surface area contributed by atoms with Crippen LogP contribution in [0.1, 0.15) is 31.4 Å². The molecule has 2 rings (SSSR count). The first-order chi connectivity index (χ1) is 9.38. The fourth-order valence-corrected chi connectivity index (χ4v) is 2.32. The second-order valence-electron chi connectivity index (χ2n) is 5.84. The Morgan fingerprint density at radius 2 is 2.00 bits per heavy atom. The predicted molar refractivity (Wildman–Crippen MR) is 79.7 cm³/mol. The van der Waals surface area contributed by atoms with Gasteiger partial charge in [-0.1, -0.05) is 19.9 Å². The van der Waals surface area contributed by atoms with E-state index in [0.29, 0.717) is 13.0 Å². The third kappa shape index (κ3) is 3.00. The van der Waals surface area contributed by atoms with E-state index in [0.717, 1.165) is 5.69 Å². The molecule has 20 heavy (non-hydrogen) atoms. The number of nitrogens with one attached hydrogen (secondary N) is 1. The zero-order chi connectivity index (χ0) is 14.9. The Labute approximate surface area is 120 Å². The summed E-state index contributed by atoms with van der Waals surface area (Å²) in [4.78, 5) is 25.6. The lowest BCUT2D eigenvalue weighted by Crippen LogP contribution is -2.39. The summed E-state index contributed by atoms with van der Waals surface area (Å²) in [7, 11) is 0. The van der Waals surface area contributed by atoms with Crippen molar-refractivity contribution >= 4 is 17.5 Å². The minimum absolute atomic E-state index is 0.00439. The molecular formula is C16H22N2O2. The van der Waals surface area contributed by atoms with Gasteiger partial charge in [-0.15, -0.1) is 0 Å². The summed E-state index contributed by atoms with van der Waals surface area (Å²) in [5.74, 6) is 0.0211. The molecule has 1 aliphatic heterocycles. The lowest BCUT2D eigenvalue weighted by molar-refractivity contribution is -0.124. The molecule has 1 atom stereocenters. The largest absolute Gasteiger partial charge is 0.351 e. The first-order valence-electron chi connectivity index (χ1n) is 7.06. The van der Waals surface area contributed by atoms with Crippen LogP contribution in [0.2, 0.25) is 0 Å². The average molecular weight is 274 g/mol. The minimum atomic E-state index is -0.0843. The molecule has 108 valence electrons. The van der Waals surface area contributed by atoms with Gasteiger partial charge in [-0.2, -0.15) is 0 Å². The van der Waals surface area contributed by atoms with Crippen LogP contribution in [0.5, 0.6) is 0 Å². The molecule has 0 bridgehead atoms. The smallest absolute Gasteiger partial charge is 0.229 e. The highest BCUT2D eigenvalue weighted by molar-refractivity contribution is 5.97. The molecule has 1 heterocycles. The maximum absolute atomic E-state index is 12.1. The second kappa shape index (κ2) is 5.65. The molecule has 1 saturated heterocycles. The van der Waals surface area contributed by atoms with Crippen molar-refractivity contribution < 1.29 is 9.59 Å². The minimum Gasteiger partial charge on any atom is -0.351 e. The van der Waals surface area contributed by atoms with Crippen LogP contribution in [0.15, 0.2) is 18.2 Å². The summed E-state index contributed by atoms with van der Waals surface area (Å²) in [6, 6.07) is 5.93. The summed E-state index contributed by atoms with van der Waals surface area (Å²) < 4.78 is 0. The van der Waals surface area contributed by atoms with E-state index in [1.807, 2.05) is 39.0 Å². The van der Waals surface area contributed by atoms with Crippen LogP contribution in [0.25, 0.3) is 0 Å². The summed E-state index contributed by atoms with van der Waals surface area (Å²) in [6.45, 7) is 8.36. The second-order valence-corrected chi connectivity index (χ2v) is 5.84. The molecule has 1 aromatic carbocycles. The van der Waals surface area contributed by atoms with Crippen LogP contribution < -0.4 is 10.2 Å². The lowest BCUT2D eigenvalue weighted by Gasteiger charge is -2.19. The van der Waals surface area contributed by atoms with Crippen molar-refractivity contribution in [2.75, 3.05) is 11.4 Å². The van der Waals surface area contributed by atoms with E-state index >= 15 is 0 Å². The number of nitrogens with zero attached hydrogens (tertiary/aromatic N) is 1. The summed E-state index contributed by atoms with van der Waals surface area (Å²) in [5.41, 5.74) is 3.30. The topological polar surface area (TPSA) is 49.4 Å². The first kappa shape index (κ1) is 14.6. The van der Waals surface area contributed by atoms with Gasteiger partial charge in [0.2, 0.25) is 11.8 Å². The van der Waals surface area contributed by atoms with Crippen LogP contribution in [0.4, 0.5) is 5.69 Å². The van der Waals surface area contributed by atoms with E-state index < -0.39 is 0 Å². The molecule has 1 aliphatic rings. The van der Waals surface area contributed by atoms with E-state index in [-0.39, 0.29) is 23.8 Å². The molecule has 0 aromatic heterocycles. The predicted octanol–water partition coefficient (Wildman–Crippen LogP) is 2.18. The highest BCUT2D eigenvalue weighted by Crippen LogP contribution is 2.24. The van der Waals surface area contributed by atoms with Crippen LogP contribution in [0, 0.1) is 19.8 Å². The number of rotatable bonds is 3. The van der Waals surface area contributed by atoms with Crippen LogP contribution in [-0.2, 0) is 9.59 Å². The lowest BCUT2D eigenvalue weighted by atomic mass is 10.1. The summed E-state index contributed by atoms with van der Waals surface area (Å²) in [6.07, 6.45) is 0.380. The van der Waals surface area contributed by atoms with E-state index in [4.69, 9.17) is 0 Å². The van der Waals surface area contributed by atoms with Crippen molar-refractivity contribution in [1.29, 1.82) is 0 Å². The van der Waals surface area contributed by atoms with Crippen molar-refractivity contribution in [1.82, 2.24) is 5.32 Å². The van der Waals surface area contributed by atoms with Gasteiger partial charge in [-0.05, 0) is 37.1 Å². The highest BCUT2D eigenvalue weighted by Gasteiger charge is 2.31. The Bertz CT molecular complexity index is 537. The molecule has 4 heteroatoms. The van der Waals surface area contributed by atoms with E-state index in [2.05, 4.69) is 12.2 Å². The fourth-order valence-electron chi connectivity index (χ4n) is 2.32. The third-order valence-corrected chi connectivity index (χ3v) is 3.80. The third-order valence-electron chi connectivity index (χ3n) is 3.80. The summed E-state index contributed by atoms with van der Waals surface area (Å²) in [5, 5.41) is 2.93. The number of aryl methyl sites for hydroxylation is 2.